The fourth-order valence-corrected chi connectivity index (χ4v) is 5.00. The number of carbonyl (C=O) groups is 1. The molecule has 0 aromatic heterocycles. The molecule has 2 nitrogen and oxygen atoms in total. The third-order valence-electron chi connectivity index (χ3n) is 7.09. The Bertz CT molecular complexity index is 733. The molecule has 162 valence electrons. The van der Waals surface area contributed by atoms with Crippen LogP contribution in [0.1, 0.15) is 90.0 Å². The van der Waals surface area contributed by atoms with Gasteiger partial charge in [0.05, 0.1) is 5.92 Å². The minimum Gasteiger partial charge on any atom is -0.426 e. The van der Waals surface area contributed by atoms with Gasteiger partial charge in [0, 0.05) is 5.56 Å². The van der Waals surface area contributed by atoms with Gasteiger partial charge in [0.1, 0.15) is 5.75 Å². The fourth-order valence-electron chi connectivity index (χ4n) is 5.00. The molecule has 0 amide bonds. The van der Waals surface area contributed by atoms with Crippen LogP contribution < -0.4 is 4.74 Å². The van der Waals surface area contributed by atoms with E-state index in [1.165, 1.54) is 44.9 Å². The summed E-state index contributed by atoms with van der Waals surface area (Å²) >= 11 is 0. The van der Waals surface area contributed by atoms with Gasteiger partial charge in [-0.2, -0.15) is 0 Å². The third-order valence-corrected chi connectivity index (χ3v) is 7.09. The zero-order valence-corrected chi connectivity index (χ0v) is 18.9. The number of carbonyl (C=O) groups excluding carboxylic acids is 1. The Labute approximate surface area is 183 Å². The van der Waals surface area contributed by atoms with E-state index in [9.17, 15) is 4.79 Å². The van der Waals surface area contributed by atoms with Crippen LogP contribution in [0, 0.1) is 35.5 Å². The molecule has 2 heteroatoms. The van der Waals surface area contributed by atoms with Crippen molar-refractivity contribution in [3.05, 3.63) is 42.0 Å². The van der Waals surface area contributed by atoms with Crippen molar-refractivity contribution in [1.29, 1.82) is 0 Å². The average molecular weight is 407 g/mol. The molecular weight excluding hydrogens is 368 g/mol. The summed E-state index contributed by atoms with van der Waals surface area (Å²) in [6, 6.07) is 7.59. The van der Waals surface area contributed by atoms with Crippen LogP contribution in [0.5, 0.6) is 5.75 Å². The Morgan fingerprint density at radius 3 is 2.27 bits per heavy atom. The van der Waals surface area contributed by atoms with Crippen LogP contribution in [0.15, 0.2) is 36.4 Å². The molecule has 1 aromatic rings. The first-order chi connectivity index (χ1) is 14.7. The summed E-state index contributed by atoms with van der Waals surface area (Å²) < 4.78 is 5.61. The second-order valence-corrected chi connectivity index (χ2v) is 9.27. The van der Waals surface area contributed by atoms with Crippen molar-refractivity contribution in [2.45, 2.75) is 84.5 Å². The van der Waals surface area contributed by atoms with E-state index in [1.54, 1.807) is 0 Å². The lowest BCUT2D eigenvalue weighted by Gasteiger charge is -2.26. The molecule has 1 aromatic carbocycles. The van der Waals surface area contributed by atoms with Gasteiger partial charge in [-0.3, -0.25) is 4.79 Å². The van der Waals surface area contributed by atoms with E-state index in [0.717, 1.165) is 43.1 Å². The number of hydrogen-bond donors (Lipinski definition) is 0. The Kier molecular flexibility index (Phi) is 9.06. The lowest BCUT2D eigenvalue weighted by molar-refractivity contribution is -0.140. The van der Waals surface area contributed by atoms with Crippen LogP contribution >= 0.6 is 0 Å². The van der Waals surface area contributed by atoms with Gasteiger partial charge in [-0.15, -0.1) is 0 Å². The molecule has 0 spiro atoms. The van der Waals surface area contributed by atoms with Gasteiger partial charge in [-0.05, 0) is 99.5 Å². The quantitative estimate of drug-likeness (QED) is 0.281. The first-order valence-electron chi connectivity index (χ1n) is 12.2. The number of benzene rings is 1. The number of allylic oxidation sites excluding steroid dienone is 2. The molecule has 30 heavy (non-hydrogen) atoms. The fraction of sp³-hybridized carbons (Fsp3) is 0.607. The lowest BCUT2D eigenvalue weighted by Crippen LogP contribution is -2.25. The highest BCUT2D eigenvalue weighted by Gasteiger charge is 2.27. The van der Waals surface area contributed by atoms with E-state index in [1.807, 2.05) is 30.3 Å². The molecule has 0 N–H and O–H groups in total. The number of ether oxygens (including phenoxy) is 1. The maximum absolute atomic E-state index is 12.4. The van der Waals surface area contributed by atoms with E-state index < -0.39 is 0 Å². The molecule has 2 saturated carbocycles. The second-order valence-electron chi connectivity index (χ2n) is 9.27. The highest BCUT2D eigenvalue weighted by molar-refractivity contribution is 5.75. The van der Waals surface area contributed by atoms with Gasteiger partial charge in [-0.1, -0.05) is 51.0 Å². The zero-order chi connectivity index (χ0) is 21.2. The van der Waals surface area contributed by atoms with Crippen molar-refractivity contribution in [3.8, 4) is 17.6 Å². The first kappa shape index (κ1) is 22.7. The second kappa shape index (κ2) is 12.0. The molecule has 0 aliphatic heterocycles. The highest BCUT2D eigenvalue weighted by atomic mass is 16.5. The first-order valence-corrected chi connectivity index (χ1v) is 12.2. The van der Waals surface area contributed by atoms with Crippen LogP contribution in [0.25, 0.3) is 0 Å². The van der Waals surface area contributed by atoms with Gasteiger partial charge in [0.2, 0.25) is 0 Å². The molecule has 2 fully saturated rings. The zero-order valence-electron chi connectivity index (χ0n) is 18.9. The van der Waals surface area contributed by atoms with E-state index >= 15 is 0 Å². The van der Waals surface area contributed by atoms with Crippen molar-refractivity contribution < 1.29 is 9.53 Å². The van der Waals surface area contributed by atoms with Crippen molar-refractivity contribution in [3.63, 3.8) is 0 Å². The summed E-state index contributed by atoms with van der Waals surface area (Å²) in [7, 11) is 0. The van der Waals surface area contributed by atoms with Gasteiger partial charge in [0.25, 0.3) is 0 Å². The molecule has 0 atom stereocenters. The molecule has 0 bridgehead atoms. The SMILES string of the molecule is CCC[C@H]1CC[C@H](/C=C/C#Cc2ccc(OC(=O)[C@H]3CC[C@H](CC)CC3)cc2)CC1. The monoisotopic (exact) mass is 406 g/mol. The van der Waals surface area contributed by atoms with Crippen LogP contribution in [0.2, 0.25) is 0 Å². The van der Waals surface area contributed by atoms with Crippen LogP contribution in [0.3, 0.4) is 0 Å². The summed E-state index contributed by atoms with van der Waals surface area (Å²) in [5.74, 6) is 9.42. The molecule has 0 unspecified atom stereocenters. The molecule has 0 saturated heterocycles. The summed E-state index contributed by atoms with van der Waals surface area (Å²) in [6.07, 6.45) is 17.8. The van der Waals surface area contributed by atoms with E-state index in [-0.39, 0.29) is 11.9 Å². The van der Waals surface area contributed by atoms with E-state index in [4.69, 9.17) is 4.74 Å². The predicted octanol–water partition coefficient (Wildman–Crippen LogP) is 7.32. The molecule has 0 radical (unpaired) electrons. The van der Waals surface area contributed by atoms with Gasteiger partial charge >= 0.3 is 5.97 Å². The average Bonchev–Trinajstić information content (AvgIpc) is 2.79. The summed E-state index contributed by atoms with van der Waals surface area (Å²) in [5.41, 5.74) is 0.953. The molecule has 0 heterocycles. The van der Waals surface area contributed by atoms with Crippen LogP contribution in [-0.2, 0) is 4.79 Å². The summed E-state index contributed by atoms with van der Waals surface area (Å²) in [4.78, 5) is 12.4. The lowest BCUT2D eigenvalue weighted by atomic mass is 9.80. The predicted molar refractivity (Wildman–Crippen MR) is 124 cm³/mol. The van der Waals surface area contributed by atoms with Gasteiger partial charge in [-0.25, -0.2) is 0 Å². The van der Waals surface area contributed by atoms with Crippen LogP contribution in [0.4, 0.5) is 0 Å². The van der Waals surface area contributed by atoms with Gasteiger partial charge < -0.3 is 4.74 Å². The topological polar surface area (TPSA) is 26.3 Å². The minimum atomic E-state index is -0.0695. The number of esters is 1. The third kappa shape index (κ3) is 7.05. The normalized spacial score (nSPS) is 26.7. The molecular formula is C28H38O2. The van der Waals surface area contributed by atoms with E-state index in [2.05, 4.69) is 31.8 Å². The van der Waals surface area contributed by atoms with E-state index in [0.29, 0.717) is 11.7 Å². The Balaban J connectivity index is 1.42. The Hall–Kier alpha value is -2.01. The smallest absolute Gasteiger partial charge is 0.314 e. The maximum Gasteiger partial charge on any atom is 0.314 e. The standard InChI is InChI=1S/C28H38O2/c1-3-7-23-10-12-24(13-11-23)8-5-6-9-25-16-20-27(21-17-25)30-28(29)26-18-14-22(4-2)15-19-26/h5,8,16-17,20-24,26H,3-4,7,10-15,18-19H2,1-2H3/b8-5+/t22-,23-,24-,26-. The Morgan fingerprint density at radius 2 is 1.63 bits per heavy atom. The minimum absolute atomic E-state index is 0.0643. The Morgan fingerprint density at radius 1 is 0.967 bits per heavy atom. The maximum atomic E-state index is 12.4. The largest absolute Gasteiger partial charge is 0.426 e. The highest BCUT2D eigenvalue weighted by Crippen LogP contribution is 2.32. The molecule has 2 aliphatic rings. The van der Waals surface area contributed by atoms with Crippen LogP contribution in [-0.4, -0.2) is 5.97 Å². The van der Waals surface area contributed by atoms with Crippen molar-refractivity contribution >= 4 is 5.97 Å². The van der Waals surface area contributed by atoms with Crippen molar-refractivity contribution in [1.82, 2.24) is 0 Å². The van der Waals surface area contributed by atoms with Gasteiger partial charge in [0.15, 0.2) is 0 Å². The number of rotatable bonds is 6. The summed E-state index contributed by atoms with van der Waals surface area (Å²) in [5, 5.41) is 0. The number of hydrogen-bond acceptors (Lipinski definition) is 2. The summed E-state index contributed by atoms with van der Waals surface area (Å²) in [6.45, 7) is 4.53. The molecule has 2 aliphatic carbocycles. The molecule has 3 rings (SSSR count). The van der Waals surface area contributed by atoms with Crippen molar-refractivity contribution in [2.75, 3.05) is 0 Å². The van der Waals surface area contributed by atoms with Crippen molar-refractivity contribution in [2.24, 2.45) is 23.7 Å².